The van der Waals surface area contributed by atoms with Gasteiger partial charge in [0, 0.05) is 11.9 Å². The summed E-state index contributed by atoms with van der Waals surface area (Å²) < 4.78 is 30.5. The zero-order valence-corrected chi connectivity index (χ0v) is 12.7. The molecule has 1 aliphatic heterocycles. The first-order valence-corrected chi connectivity index (χ1v) is 8.36. The highest BCUT2D eigenvalue weighted by Crippen LogP contribution is 2.22. The van der Waals surface area contributed by atoms with Gasteiger partial charge in [0.25, 0.3) is 5.91 Å². The molecule has 1 fully saturated rings. The number of carboxylic acid groups (broad SMARTS) is 1. The average molecular weight is 334 g/mol. The number of amides is 1. The van der Waals surface area contributed by atoms with E-state index in [-0.39, 0.29) is 29.5 Å². The largest absolute Gasteiger partial charge is 0.480 e. The Morgan fingerprint density at radius 2 is 2.24 bits per heavy atom. The van der Waals surface area contributed by atoms with Gasteiger partial charge in [-0.3, -0.25) is 4.79 Å². The van der Waals surface area contributed by atoms with Gasteiger partial charge in [-0.2, -0.15) is 0 Å². The lowest BCUT2D eigenvalue weighted by molar-refractivity contribution is -0.147. The van der Waals surface area contributed by atoms with Crippen LogP contribution in [0, 0.1) is 0 Å². The lowest BCUT2D eigenvalue weighted by Gasteiger charge is -2.32. The van der Waals surface area contributed by atoms with Crippen LogP contribution in [0.2, 0.25) is 0 Å². The first-order chi connectivity index (χ1) is 9.86. The molecule has 116 valence electrons. The molecule has 1 unspecified atom stereocenters. The lowest BCUT2D eigenvalue weighted by atomic mass is 10.2. The van der Waals surface area contributed by atoms with E-state index in [2.05, 4.69) is 4.72 Å². The Bertz CT molecular complexity index is 653. The molecule has 1 aromatic heterocycles. The summed E-state index contributed by atoms with van der Waals surface area (Å²) in [5, 5.41) is 10.4. The van der Waals surface area contributed by atoms with Gasteiger partial charge in [-0.05, 0) is 13.1 Å². The summed E-state index contributed by atoms with van der Waals surface area (Å²) in [7, 11) is -2.35. The van der Waals surface area contributed by atoms with E-state index in [1.54, 1.807) is 0 Å². The molecule has 0 radical (unpaired) electrons. The number of nitrogens with zero attached hydrogens (tertiary/aromatic N) is 1. The number of rotatable bonds is 4. The van der Waals surface area contributed by atoms with Gasteiger partial charge in [-0.15, -0.1) is 11.3 Å². The highest BCUT2D eigenvalue weighted by atomic mass is 32.2. The van der Waals surface area contributed by atoms with Crippen molar-refractivity contribution in [3.05, 3.63) is 16.3 Å². The number of hydrogen-bond acceptors (Lipinski definition) is 6. The van der Waals surface area contributed by atoms with Crippen LogP contribution in [-0.2, 0) is 19.6 Å². The van der Waals surface area contributed by atoms with Crippen molar-refractivity contribution in [2.45, 2.75) is 10.9 Å². The van der Waals surface area contributed by atoms with E-state index in [1.165, 1.54) is 23.4 Å². The van der Waals surface area contributed by atoms with Gasteiger partial charge in [0.15, 0.2) is 6.04 Å². The van der Waals surface area contributed by atoms with Crippen molar-refractivity contribution >= 4 is 33.2 Å². The quantitative estimate of drug-likeness (QED) is 0.773. The van der Waals surface area contributed by atoms with Crippen LogP contribution in [-0.4, -0.2) is 63.1 Å². The number of sulfonamides is 1. The molecule has 0 saturated carbocycles. The minimum absolute atomic E-state index is 0.0153. The number of carbonyl (C=O) groups excluding carboxylic acids is 1. The van der Waals surface area contributed by atoms with Gasteiger partial charge in [-0.1, -0.05) is 0 Å². The van der Waals surface area contributed by atoms with E-state index in [0.717, 1.165) is 11.3 Å². The van der Waals surface area contributed by atoms with Crippen LogP contribution in [0.25, 0.3) is 0 Å². The molecule has 2 heterocycles. The fourth-order valence-electron chi connectivity index (χ4n) is 1.88. The van der Waals surface area contributed by atoms with Gasteiger partial charge in [0.2, 0.25) is 10.0 Å². The molecule has 1 aliphatic rings. The predicted molar refractivity (Wildman–Crippen MR) is 73.8 cm³/mol. The van der Waals surface area contributed by atoms with Crippen LogP contribution in [0.1, 0.15) is 9.67 Å². The summed E-state index contributed by atoms with van der Waals surface area (Å²) in [5.41, 5.74) is 0. The molecule has 1 saturated heterocycles. The van der Waals surface area contributed by atoms with E-state index in [1.807, 2.05) is 0 Å². The van der Waals surface area contributed by atoms with Crippen LogP contribution in [0.15, 0.2) is 16.3 Å². The van der Waals surface area contributed by atoms with E-state index in [0.29, 0.717) is 0 Å². The summed E-state index contributed by atoms with van der Waals surface area (Å²) in [6.07, 6.45) is 0. The van der Waals surface area contributed by atoms with E-state index >= 15 is 0 Å². The molecular formula is C11H14N2O6S2. The van der Waals surface area contributed by atoms with Crippen LogP contribution in [0.5, 0.6) is 0 Å². The normalized spacial score (nSPS) is 19.5. The number of nitrogens with one attached hydrogen (secondary N) is 1. The summed E-state index contributed by atoms with van der Waals surface area (Å²) in [4.78, 5) is 24.8. The number of thiophene rings is 1. The Hall–Kier alpha value is -1.49. The highest BCUT2D eigenvalue weighted by Gasteiger charge is 2.34. The third kappa shape index (κ3) is 3.23. The van der Waals surface area contributed by atoms with Crippen molar-refractivity contribution in [3.8, 4) is 0 Å². The Morgan fingerprint density at radius 3 is 2.86 bits per heavy atom. The molecule has 0 bridgehead atoms. The molecule has 2 N–H and O–H groups in total. The first kappa shape index (κ1) is 15.9. The minimum Gasteiger partial charge on any atom is -0.480 e. The van der Waals surface area contributed by atoms with Crippen molar-refractivity contribution in [3.63, 3.8) is 0 Å². The van der Waals surface area contributed by atoms with Crippen LogP contribution >= 0.6 is 11.3 Å². The second kappa shape index (κ2) is 6.10. The monoisotopic (exact) mass is 334 g/mol. The molecule has 0 aromatic carbocycles. The summed E-state index contributed by atoms with van der Waals surface area (Å²) in [6.45, 7) is 0.332. The molecule has 21 heavy (non-hydrogen) atoms. The van der Waals surface area contributed by atoms with Crippen LogP contribution < -0.4 is 4.72 Å². The van der Waals surface area contributed by atoms with Gasteiger partial charge >= 0.3 is 5.97 Å². The number of morpholine rings is 1. The minimum atomic E-state index is -3.62. The van der Waals surface area contributed by atoms with E-state index in [4.69, 9.17) is 9.84 Å². The summed E-state index contributed by atoms with van der Waals surface area (Å²) in [5.74, 6) is -1.66. The summed E-state index contributed by atoms with van der Waals surface area (Å²) in [6, 6.07) is 0.186. The smallest absolute Gasteiger partial charge is 0.328 e. The van der Waals surface area contributed by atoms with Gasteiger partial charge in [-0.25, -0.2) is 17.9 Å². The zero-order chi connectivity index (χ0) is 15.6. The number of aliphatic carboxylic acids is 1. The molecule has 1 atom stereocenters. The van der Waals surface area contributed by atoms with Crippen molar-refractivity contribution in [2.24, 2.45) is 0 Å². The van der Waals surface area contributed by atoms with E-state index in [9.17, 15) is 18.0 Å². The topological polar surface area (TPSA) is 113 Å². The number of hydrogen-bond donors (Lipinski definition) is 2. The molecule has 8 nitrogen and oxygen atoms in total. The van der Waals surface area contributed by atoms with Gasteiger partial charge in [0.1, 0.15) is 0 Å². The molecule has 1 amide bonds. The lowest BCUT2D eigenvalue weighted by Crippen LogP contribution is -2.52. The zero-order valence-electron chi connectivity index (χ0n) is 11.1. The predicted octanol–water partition coefficient (Wildman–Crippen LogP) is -0.418. The third-order valence-corrected chi connectivity index (χ3v) is 5.50. The van der Waals surface area contributed by atoms with Crippen molar-refractivity contribution in [2.75, 3.05) is 26.8 Å². The summed E-state index contributed by atoms with van der Waals surface area (Å²) >= 11 is 0.963. The maximum Gasteiger partial charge on any atom is 0.328 e. The average Bonchev–Trinajstić information content (AvgIpc) is 2.97. The van der Waals surface area contributed by atoms with E-state index < -0.39 is 27.9 Å². The van der Waals surface area contributed by atoms with Gasteiger partial charge < -0.3 is 14.7 Å². The molecule has 2 rings (SSSR count). The third-order valence-electron chi connectivity index (χ3n) is 3.04. The Balaban J connectivity index is 2.25. The number of carboxylic acids is 1. The maximum absolute atomic E-state index is 12.3. The first-order valence-electron chi connectivity index (χ1n) is 6.00. The molecule has 10 heteroatoms. The maximum atomic E-state index is 12.3. The number of carbonyl (C=O) groups is 2. The Morgan fingerprint density at radius 1 is 1.52 bits per heavy atom. The number of ether oxygens (including phenoxy) is 1. The fraction of sp³-hybridized carbons (Fsp3) is 0.455. The van der Waals surface area contributed by atoms with Crippen molar-refractivity contribution in [1.82, 2.24) is 9.62 Å². The van der Waals surface area contributed by atoms with Gasteiger partial charge in [0.05, 0.1) is 23.0 Å². The molecule has 0 aliphatic carbocycles. The van der Waals surface area contributed by atoms with Crippen LogP contribution in [0.4, 0.5) is 0 Å². The fourth-order valence-corrected chi connectivity index (χ4v) is 3.84. The molecule has 1 aromatic rings. The second-order valence-corrected chi connectivity index (χ2v) is 7.08. The van der Waals surface area contributed by atoms with Crippen molar-refractivity contribution < 1.29 is 27.9 Å². The second-order valence-electron chi connectivity index (χ2n) is 4.28. The van der Waals surface area contributed by atoms with Crippen LogP contribution in [0.3, 0.4) is 0 Å². The Kier molecular flexibility index (Phi) is 4.61. The Labute approximate surface area is 125 Å². The standard InChI is InChI=1S/C11H14N2O6S2/c1-12-21(17,18)7-4-9(20-6-7)10(14)13-2-3-19-5-8(13)11(15)16/h4,6,8,12H,2-3,5H2,1H3,(H,15,16). The highest BCUT2D eigenvalue weighted by molar-refractivity contribution is 7.89. The molecular weight excluding hydrogens is 320 g/mol. The molecule has 0 spiro atoms. The van der Waals surface area contributed by atoms with Crippen molar-refractivity contribution in [1.29, 1.82) is 0 Å². The SMILES string of the molecule is CNS(=O)(=O)c1csc(C(=O)N2CCOCC2C(=O)O)c1.